The van der Waals surface area contributed by atoms with Crippen molar-refractivity contribution in [3.8, 4) is 0 Å². The molecule has 0 spiro atoms. The molecule has 1 unspecified atom stereocenters. The van der Waals surface area contributed by atoms with Gasteiger partial charge in [0, 0.05) is 37.6 Å². The summed E-state index contributed by atoms with van der Waals surface area (Å²) >= 11 is 0. The fourth-order valence-electron chi connectivity index (χ4n) is 3.16. The summed E-state index contributed by atoms with van der Waals surface area (Å²) in [6.07, 6.45) is 0.401. The van der Waals surface area contributed by atoms with Crippen molar-refractivity contribution >= 4 is 23.4 Å². The maximum absolute atomic E-state index is 13.9. The summed E-state index contributed by atoms with van der Waals surface area (Å²) in [5.41, 5.74) is 0.115. The number of halogens is 1. The zero-order valence-corrected chi connectivity index (χ0v) is 14.1. The third-order valence-corrected chi connectivity index (χ3v) is 4.79. The molecule has 25 heavy (non-hydrogen) atoms. The molecular formula is C17H22FN3O4. The number of hydrogen-bond acceptors (Lipinski definition) is 4. The molecule has 2 heterocycles. The Balaban J connectivity index is 1.69. The highest BCUT2D eigenvalue weighted by atomic mass is 19.1. The number of carboxylic acid groups (broad SMARTS) is 1. The minimum absolute atomic E-state index is 0.139. The minimum Gasteiger partial charge on any atom is -0.481 e. The van der Waals surface area contributed by atoms with Gasteiger partial charge in [-0.05, 0) is 31.5 Å². The number of nitrogens with one attached hydrogen (secondary N) is 1. The Morgan fingerprint density at radius 1 is 1.24 bits per heavy atom. The van der Waals surface area contributed by atoms with Crippen molar-refractivity contribution in [3.05, 3.63) is 24.0 Å². The maximum Gasteiger partial charge on any atom is 0.321 e. The zero-order chi connectivity index (χ0) is 18.0. The number of benzene rings is 1. The summed E-state index contributed by atoms with van der Waals surface area (Å²) in [5.74, 6) is -1.35. The Labute approximate surface area is 145 Å². The van der Waals surface area contributed by atoms with Crippen LogP contribution in [-0.4, -0.2) is 61.4 Å². The molecule has 136 valence electrons. The van der Waals surface area contributed by atoms with E-state index in [0.717, 1.165) is 0 Å². The molecule has 2 aliphatic rings. The van der Waals surface area contributed by atoms with Crippen LogP contribution in [0.15, 0.2) is 18.2 Å². The molecule has 1 atom stereocenters. The number of ether oxygens (including phenoxy) is 1. The average Bonchev–Trinajstić information content (AvgIpc) is 2.99. The van der Waals surface area contributed by atoms with Crippen molar-refractivity contribution in [2.24, 2.45) is 5.41 Å². The number of aliphatic carboxylic acids is 1. The molecule has 0 saturated carbocycles. The van der Waals surface area contributed by atoms with Gasteiger partial charge in [-0.25, -0.2) is 9.18 Å². The van der Waals surface area contributed by atoms with E-state index in [1.54, 1.807) is 13.0 Å². The van der Waals surface area contributed by atoms with E-state index < -0.39 is 23.2 Å². The van der Waals surface area contributed by atoms with Crippen molar-refractivity contribution in [1.82, 2.24) is 4.90 Å². The summed E-state index contributed by atoms with van der Waals surface area (Å²) < 4.78 is 19.2. The number of likely N-dealkylation sites (tertiary alicyclic amines) is 1. The highest BCUT2D eigenvalue weighted by Crippen LogP contribution is 2.31. The quantitative estimate of drug-likeness (QED) is 0.870. The predicted molar refractivity (Wildman–Crippen MR) is 90.4 cm³/mol. The minimum atomic E-state index is -0.932. The first-order valence-electron chi connectivity index (χ1n) is 8.30. The van der Waals surface area contributed by atoms with Crippen LogP contribution in [-0.2, 0) is 9.53 Å². The van der Waals surface area contributed by atoms with Crippen LogP contribution < -0.4 is 10.2 Å². The van der Waals surface area contributed by atoms with E-state index >= 15 is 0 Å². The maximum atomic E-state index is 13.9. The van der Waals surface area contributed by atoms with Gasteiger partial charge in [0.2, 0.25) is 0 Å². The molecule has 2 amide bonds. The summed E-state index contributed by atoms with van der Waals surface area (Å²) in [4.78, 5) is 27.1. The van der Waals surface area contributed by atoms with Crippen molar-refractivity contribution in [1.29, 1.82) is 0 Å². The van der Waals surface area contributed by atoms with Crippen molar-refractivity contribution in [3.63, 3.8) is 0 Å². The Bertz CT molecular complexity index is 678. The molecule has 2 saturated heterocycles. The number of carbonyl (C=O) groups is 2. The van der Waals surface area contributed by atoms with Crippen molar-refractivity contribution < 1.29 is 23.8 Å². The number of amides is 2. The van der Waals surface area contributed by atoms with Gasteiger partial charge in [0.1, 0.15) is 5.82 Å². The van der Waals surface area contributed by atoms with E-state index in [4.69, 9.17) is 4.74 Å². The molecule has 2 aliphatic heterocycles. The number of anilines is 2. The summed E-state index contributed by atoms with van der Waals surface area (Å²) in [6.45, 7) is 4.63. The molecule has 8 heteroatoms. The molecule has 2 N–H and O–H groups in total. The van der Waals surface area contributed by atoms with Crippen LogP contribution in [0.25, 0.3) is 0 Å². The second-order valence-corrected chi connectivity index (χ2v) is 6.77. The number of hydrogen-bond donors (Lipinski definition) is 2. The fourth-order valence-corrected chi connectivity index (χ4v) is 3.16. The van der Waals surface area contributed by atoms with Gasteiger partial charge in [0.25, 0.3) is 0 Å². The van der Waals surface area contributed by atoms with Gasteiger partial charge in [-0.3, -0.25) is 4.79 Å². The normalized spacial score (nSPS) is 23.6. The Morgan fingerprint density at radius 2 is 1.96 bits per heavy atom. The molecule has 7 nitrogen and oxygen atoms in total. The zero-order valence-electron chi connectivity index (χ0n) is 14.1. The topological polar surface area (TPSA) is 82.1 Å². The van der Waals surface area contributed by atoms with Gasteiger partial charge in [-0.15, -0.1) is 0 Å². The molecule has 0 bridgehead atoms. The van der Waals surface area contributed by atoms with E-state index in [1.165, 1.54) is 17.0 Å². The summed E-state index contributed by atoms with van der Waals surface area (Å²) in [5, 5.41) is 11.9. The number of nitrogens with zero attached hydrogens (tertiary/aromatic N) is 2. The third kappa shape index (κ3) is 3.84. The number of rotatable bonds is 3. The molecule has 0 aliphatic carbocycles. The van der Waals surface area contributed by atoms with E-state index in [-0.39, 0.29) is 6.54 Å². The van der Waals surface area contributed by atoms with Crippen molar-refractivity contribution in [2.45, 2.75) is 13.3 Å². The van der Waals surface area contributed by atoms with Crippen LogP contribution in [0.1, 0.15) is 13.3 Å². The van der Waals surface area contributed by atoms with E-state index in [2.05, 4.69) is 5.32 Å². The van der Waals surface area contributed by atoms with Crippen LogP contribution in [0, 0.1) is 11.2 Å². The highest BCUT2D eigenvalue weighted by molar-refractivity contribution is 5.91. The first-order valence-corrected chi connectivity index (χ1v) is 8.30. The van der Waals surface area contributed by atoms with Crippen LogP contribution in [0.3, 0.4) is 0 Å². The number of carbonyl (C=O) groups excluding carboxylic acids is 1. The first kappa shape index (κ1) is 17.5. The second-order valence-electron chi connectivity index (χ2n) is 6.77. The van der Waals surface area contributed by atoms with Crippen LogP contribution in [0.2, 0.25) is 0 Å². The monoisotopic (exact) mass is 351 g/mol. The lowest BCUT2D eigenvalue weighted by Crippen LogP contribution is -2.37. The molecule has 1 aromatic carbocycles. The van der Waals surface area contributed by atoms with Gasteiger partial charge in [-0.1, -0.05) is 0 Å². The molecule has 0 aromatic heterocycles. The van der Waals surface area contributed by atoms with E-state index in [0.29, 0.717) is 50.6 Å². The predicted octanol–water partition coefficient (Wildman–Crippen LogP) is 1.99. The number of morpholine rings is 1. The lowest BCUT2D eigenvalue weighted by molar-refractivity contribution is -0.146. The number of urea groups is 1. The standard InChI is InChI=1S/C17H22FN3O4/c1-17(15(22)23)2-3-21(11-17)16(24)19-13-8-12(18)9-14(10-13)20-4-6-25-7-5-20/h8-10H,2-7,11H2,1H3,(H,19,24)(H,22,23). The van der Waals surface area contributed by atoms with Crippen molar-refractivity contribution in [2.75, 3.05) is 49.6 Å². The van der Waals surface area contributed by atoms with E-state index in [1.807, 2.05) is 4.90 Å². The van der Waals surface area contributed by atoms with Gasteiger partial charge >= 0.3 is 12.0 Å². The lowest BCUT2D eigenvalue weighted by atomic mass is 9.90. The van der Waals surface area contributed by atoms with Crippen LogP contribution in [0.4, 0.5) is 20.6 Å². The molecule has 0 radical (unpaired) electrons. The summed E-state index contributed by atoms with van der Waals surface area (Å²) in [6, 6.07) is 3.99. The van der Waals surface area contributed by atoms with E-state index in [9.17, 15) is 19.1 Å². The second kappa shape index (κ2) is 6.87. The van der Waals surface area contributed by atoms with Crippen LogP contribution >= 0.6 is 0 Å². The van der Waals surface area contributed by atoms with Crippen LogP contribution in [0.5, 0.6) is 0 Å². The van der Waals surface area contributed by atoms with Gasteiger partial charge in [0.05, 0.1) is 18.6 Å². The summed E-state index contributed by atoms with van der Waals surface area (Å²) in [7, 11) is 0. The Morgan fingerprint density at radius 3 is 2.60 bits per heavy atom. The Hall–Kier alpha value is -2.35. The molecule has 1 aromatic rings. The van der Waals surface area contributed by atoms with Gasteiger partial charge in [0.15, 0.2) is 0 Å². The Kier molecular flexibility index (Phi) is 4.80. The first-order chi connectivity index (χ1) is 11.9. The molecular weight excluding hydrogens is 329 g/mol. The number of carboxylic acids is 1. The average molecular weight is 351 g/mol. The largest absolute Gasteiger partial charge is 0.481 e. The highest BCUT2D eigenvalue weighted by Gasteiger charge is 2.42. The van der Waals surface area contributed by atoms with Gasteiger partial charge < -0.3 is 25.0 Å². The SMILES string of the molecule is CC1(C(=O)O)CCN(C(=O)Nc2cc(F)cc(N3CCOCC3)c2)C1. The smallest absolute Gasteiger partial charge is 0.321 e. The lowest BCUT2D eigenvalue weighted by Gasteiger charge is -2.29. The van der Waals surface area contributed by atoms with Gasteiger partial charge in [-0.2, -0.15) is 0 Å². The molecule has 3 rings (SSSR count). The fraction of sp³-hybridized carbons (Fsp3) is 0.529. The molecule has 2 fully saturated rings. The third-order valence-electron chi connectivity index (χ3n) is 4.79.